The molecule has 1 saturated heterocycles. The lowest BCUT2D eigenvalue weighted by Crippen LogP contribution is -2.47. The van der Waals surface area contributed by atoms with Crippen molar-refractivity contribution in [1.29, 1.82) is 0 Å². The fourth-order valence-corrected chi connectivity index (χ4v) is 2.38. The Morgan fingerprint density at radius 2 is 2.00 bits per heavy atom. The van der Waals surface area contributed by atoms with Gasteiger partial charge in [-0.1, -0.05) is 13.8 Å². The fourth-order valence-electron chi connectivity index (χ4n) is 2.38. The van der Waals surface area contributed by atoms with E-state index < -0.39 is 6.04 Å². The molecule has 5 heteroatoms. The molecular formula is C15H19FN2O2. The van der Waals surface area contributed by atoms with Gasteiger partial charge in [0.15, 0.2) is 0 Å². The molecule has 0 radical (unpaired) electrons. The molecule has 1 N–H and O–H groups in total. The summed E-state index contributed by atoms with van der Waals surface area (Å²) in [6.45, 7) is 5.81. The molecule has 1 atom stereocenters. The maximum atomic E-state index is 13.5. The van der Waals surface area contributed by atoms with E-state index in [1.54, 1.807) is 13.0 Å². The Bertz CT molecular complexity index is 522. The number of aryl methyl sites for hydroxylation is 1. The highest BCUT2D eigenvalue weighted by atomic mass is 19.1. The monoisotopic (exact) mass is 278 g/mol. The molecule has 0 saturated carbocycles. The number of amides is 2. The maximum absolute atomic E-state index is 13.5. The van der Waals surface area contributed by atoms with Gasteiger partial charge < -0.3 is 10.2 Å². The molecular weight excluding hydrogens is 259 g/mol. The van der Waals surface area contributed by atoms with Crippen LogP contribution in [-0.2, 0) is 9.59 Å². The van der Waals surface area contributed by atoms with Crippen molar-refractivity contribution in [1.82, 2.24) is 5.32 Å². The quantitative estimate of drug-likeness (QED) is 0.899. The molecule has 0 aliphatic carbocycles. The standard InChI is InChI=1S/C15H19FN2O2/c1-9(2)14-15(20)18(5-4-13(19)17-14)12-7-10(3)6-11(16)8-12/h6-9,14H,4-5H2,1-3H3,(H,17,19). The van der Waals surface area contributed by atoms with Gasteiger partial charge in [0.05, 0.1) is 0 Å². The first-order valence-electron chi connectivity index (χ1n) is 6.76. The average Bonchev–Trinajstić information content (AvgIpc) is 2.48. The number of nitrogens with zero attached hydrogens (tertiary/aromatic N) is 1. The number of carbonyl (C=O) groups is 2. The lowest BCUT2D eigenvalue weighted by atomic mass is 10.0. The topological polar surface area (TPSA) is 49.4 Å². The van der Waals surface area contributed by atoms with Crippen LogP contribution in [0.4, 0.5) is 10.1 Å². The summed E-state index contributed by atoms with van der Waals surface area (Å²) in [5, 5.41) is 2.73. The number of benzene rings is 1. The largest absolute Gasteiger partial charge is 0.344 e. The van der Waals surface area contributed by atoms with E-state index in [2.05, 4.69) is 5.32 Å². The highest BCUT2D eigenvalue weighted by molar-refractivity contribution is 6.01. The molecule has 1 aromatic carbocycles. The molecule has 4 nitrogen and oxygen atoms in total. The van der Waals surface area contributed by atoms with Crippen molar-refractivity contribution in [3.8, 4) is 0 Å². The minimum absolute atomic E-state index is 0.0123. The highest BCUT2D eigenvalue weighted by Crippen LogP contribution is 2.22. The summed E-state index contributed by atoms with van der Waals surface area (Å²) in [6.07, 6.45) is 0.227. The van der Waals surface area contributed by atoms with Gasteiger partial charge in [-0.2, -0.15) is 0 Å². The average molecular weight is 278 g/mol. The fraction of sp³-hybridized carbons (Fsp3) is 0.467. The molecule has 0 aromatic heterocycles. The van der Waals surface area contributed by atoms with Crippen LogP contribution in [0.1, 0.15) is 25.8 Å². The molecule has 2 rings (SSSR count). The zero-order chi connectivity index (χ0) is 14.9. The molecule has 1 aliphatic rings. The second-order valence-electron chi connectivity index (χ2n) is 5.52. The van der Waals surface area contributed by atoms with Crippen LogP contribution < -0.4 is 10.2 Å². The van der Waals surface area contributed by atoms with Crippen molar-refractivity contribution < 1.29 is 14.0 Å². The number of hydrogen-bond donors (Lipinski definition) is 1. The van der Waals surface area contributed by atoms with Gasteiger partial charge in [0, 0.05) is 18.7 Å². The first-order chi connectivity index (χ1) is 9.38. The Hall–Kier alpha value is -1.91. The predicted octanol–water partition coefficient (Wildman–Crippen LogP) is 2.01. The van der Waals surface area contributed by atoms with Crippen LogP contribution in [0.15, 0.2) is 18.2 Å². The van der Waals surface area contributed by atoms with E-state index >= 15 is 0 Å². The van der Waals surface area contributed by atoms with Crippen molar-refractivity contribution in [2.75, 3.05) is 11.4 Å². The van der Waals surface area contributed by atoms with Crippen LogP contribution in [0, 0.1) is 18.7 Å². The lowest BCUT2D eigenvalue weighted by Gasteiger charge is -2.26. The molecule has 1 unspecified atom stereocenters. The zero-order valence-electron chi connectivity index (χ0n) is 11.9. The van der Waals surface area contributed by atoms with Crippen LogP contribution in [0.2, 0.25) is 0 Å². The second-order valence-corrected chi connectivity index (χ2v) is 5.52. The molecule has 1 aromatic rings. The Kier molecular flexibility index (Phi) is 4.06. The molecule has 108 valence electrons. The molecule has 1 fully saturated rings. The second kappa shape index (κ2) is 5.61. The predicted molar refractivity (Wildman–Crippen MR) is 74.9 cm³/mol. The summed E-state index contributed by atoms with van der Waals surface area (Å²) < 4.78 is 13.5. The number of carbonyl (C=O) groups excluding carboxylic acids is 2. The first-order valence-corrected chi connectivity index (χ1v) is 6.76. The third-order valence-electron chi connectivity index (χ3n) is 3.42. The third kappa shape index (κ3) is 2.98. The summed E-state index contributed by atoms with van der Waals surface area (Å²) in [7, 11) is 0. The van der Waals surface area contributed by atoms with Crippen LogP contribution >= 0.6 is 0 Å². The number of halogens is 1. The van der Waals surface area contributed by atoms with Gasteiger partial charge in [0.1, 0.15) is 11.9 Å². The van der Waals surface area contributed by atoms with Crippen molar-refractivity contribution in [2.45, 2.75) is 33.2 Å². The van der Waals surface area contributed by atoms with Crippen molar-refractivity contribution in [3.05, 3.63) is 29.6 Å². The minimum atomic E-state index is -0.562. The van der Waals surface area contributed by atoms with E-state index in [-0.39, 0.29) is 36.5 Å². The van der Waals surface area contributed by atoms with Gasteiger partial charge in [-0.15, -0.1) is 0 Å². The van der Waals surface area contributed by atoms with Crippen molar-refractivity contribution >= 4 is 17.5 Å². The van der Waals surface area contributed by atoms with Gasteiger partial charge >= 0.3 is 0 Å². The summed E-state index contributed by atoms with van der Waals surface area (Å²) in [4.78, 5) is 25.7. The first kappa shape index (κ1) is 14.5. The van der Waals surface area contributed by atoms with E-state index in [4.69, 9.17) is 0 Å². The van der Waals surface area contributed by atoms with Crippen LogP contribution in [0.3, 0.4) is 0 Å². The lowest BCUT2D eigenvalue weighted by molar-refractivity contribution is -0.126. The maximum Gasteiger partial charge on any atom is 0.249 e. The summed E-state index contributed by atoms with van der Waals surface area (Å²) in [5.41, 5.74) is 1.26. The number of rotatable bonds is 2. The molecule has 0 bridgehead atoms. The van der Waals surface area contributed by atoms with E-state index in [1.165, 1.54) is 17.0 Å². The summed E-state index contributed by atoms with van der Waals surface area (Å²) in [5.74, 6) is -0.720. The van der Waals surface area contributed by atoms with Crippen molar-refractivity contribution in [2.24, 2.45) is 5.92 Å². The van der Waals surface area contributed by atoms with Crippen LogP contribution in [0.5, 0.6) is 0 Å². The molecule has 1 aliphatic heterocycles. The number of nitrogens with one attached hydrogen (secondary N) is 1. The van der Waals surface area contributed by atoms with Crippen LogP contribution in [-0.4, -0.2) is 24.4 Å². The van der Waals surface area contributed by atoms with Gasteiger partial charge in [-0.3, -0.25) is 9.59 Å². The Balaban J connectivity index is 2.38. The van der Waals surface area contributed by atoms with E-state index in [0.717, 1.165) is 5.56 Å². The minimum Gasteiger partial charge on any atom is -0.344 e. The van der Waals surface area contributed by atoms with E-state index in [1.807, 2.05) is 13.8 Å². The van der Waals surface area contributed by atoms with Gasteiger partial charge in [-0.25, -0.2) is 4.39 Å². The van der Waals surface area contributed by atoms with Crippen molar-refractivity contribution in [3.63, 3.8) is 0 Å². The molecule has 2 amide bonds. The Morgan fingerprint density at radius 3 is 2.60 bits per heavy atom. The smallest absolute Gasteiger partial charge is 0.249 e. The zero-order valence-corrected chi connectivity index (χ0v) is 11.9. The normalized spacial score (nSPS) is 20.1. The summed E-state index contributed by atoms with van der Waals surface area (Å²) >= 11 is 0. The van der Waals surface area contributed by atoms with E-state index in [0.29, 0.717) is 5.69 Å². The number of anilines is 1. The van der Waals surface area contributed by atoms with Gasteiger partial charge in [0.25, 0.3) is 0 Å². The Morgan fingerprint density at radius 1 is 1.30 bits per heavy atom. The Labute approximate surface area is 118 Å². The number of hydrogen-bond acceptors (Lipinski definition) is 2. The molecule has 0 spiro atoms. The van der Waals surface area contributed by atoms with Crippen LogP contribution in [0.25, 0.3) is 0 Å². The van der Waals surface area contributed by atoms with E-state index in [9.17, 15) is 14.0 Å². The summed E-state index contributed by atoms with van der Waals surface area (Å²) in [6, 6.07) is 3.94. The SMILES string of the molecule is Cc1cc(F)cc(N2CCC(=O)NC(C(C)C)C2=O)c1. The molecule has 20 heavy (non-hydrogen) atoms. The molecule has 1 heterocycles. The van der Waals surface area contributed by atoms with Gasteiger partial charge in [-0.05, 0) is 36.6 Å². The third-order valence-corrected chi connectivity index (χ3v) is 3.42. The van der Waals surface area contributed by atoms with Gasteiger partial charge in [0.2, 0.25) is 11.8 Å². The highest BCUT2D eigenvalue weighted by Gasteiger charge is 2.32.